The van der Waals surface area contributed by atoms with E-state index in [2.05, 4.69) is 19.2 Å². The molecular weight excluding hydrogens is 352 g/mol. The largest absolute Gasteiger partial charge is 0.478 e. The van der Waals surface area contributed by atoms with E-state index < -0.39 is 5.97 Å². The van der Waals surface area contributed by atoms with Crippen molar-refractivity contribution >= 4 is 17.6 Å². The van der Waals surface area contributed by atoms with Crippen LogP contribution in [-0.4, -0.2) is 34.9 Å². The molecule has 1 aliphatic rings. The lowest BCUT2D eigenvalue weighted by Gasteiger charge is -2.31. The zero-order valence-corrected chi connectivity index (χ0v) is 15.9. The number of carboxylic acids is 1. The highest BCUT2D eigenvalue weighted by molar-refractivity contribution is 6.30. The molecule has 3 rings (SSSR count). The minimum Gasteiger partial charge on any atom is -0.478 e. The minimum atomic E-state index is -0.910. The summed E-state index contributed by atoms with van der Waals surface area (Å²) < 4.78 is 7.50. The van der Waals surface area contributed by atoms with Crippen LogP contribution >= 0.6 is 11.6 Å². The van der Waals surface area contributed by atoms with Crippen molar-refractivity contribution in [3.8, 4) is 0 Å². The number of ether oxygens (including phenoxy) is 1. The topological polar surface area (TPSA) is 63.5 Å². The minimum absolute atomic E-state index is 0.157. The molecule has 0 spiro atoms. The Balaban J connectivity index is 2.06. The summed E-state index contributed by atoms with van der Waals surface area (Å²) in [4.78, 5) is 11.9. The number of halogens is 1. The summed E-state index contributed by atoms with van der Waals surface area (Å²) >= 11 is 6.06. The van der Waals surface area contributed by atoms with Crippen molar-refractivity contribution in [2.24, 2.45) is 0 Å². The predicted octanol–water partition coefficient (Wildman–Crippen LogP) is 4.28. The molecule has 0 radical (unpaired) electrons. The van der Waals surface area contributed by atoms with Gasteiger partial charge in [-0.05, 0) is 50.5 Å². The first kappa shape index (κ1) is 19.0. The maximum Gasteiger partial charge on any atom is 0.337 e. The number of aromatic nitrogens is 1. The summed E-state index contributed by atoms with van der Waals surface area (Å²) in [6.07, 6.45) is 3.68. The summed E-state index contributed by atoms with van der Waals surface area (Å²) in [7, 11) is 0. The van der Waals surface area contributed by atoms with E-state index in [4.69, 9.17) is 16.3 Å². The Hall–Kier alpha value is -1.82. The molecule has 1 atom stereocenters. The third-order valence-corrected chi connectivity index (χ3v) is 5.10. The van der Waals surface area contributed by atoms with Crippen LogP contribution in [0.1, 0.15) is 60.4 Å². The van der Waals surface area contributed by atoms with E-state index in [9.17, 15) is 9.90 Å². The van der Waals surface area contributed by atoms with Crippen LogP contribution in [0.5, 0.6) is 0 Å². The maximum absolute atomic E-state index is 11.9. The number of carbonyl (C=O) groups is 1. The number of carboxylic acid groups (broad SMARTS) is 1. The van der Waals surface area contributed by atoms with Gasteiger partial charge >= 0.3 is 5.97 Å². The fourth-order valence-corrected chi connectivity index (χ4v) is 3.61. The van der Waals surface area contributed by atoms with Gasteiger partial charge in [0, 0.05) is 36.5 Å². The van der Waals surface area contributed by atoms with Gasteiger partial charge in [-0.15, -0.1) is 0 Å². The molecule has 0 aliphatic carbocycles. The number of benzene rings is 1. The molecule has 2 aromatic rings. The van der Waals surface area contributed by atoms with E-state index >= 15 is 0 Å². The molecule has 5 nitrogen and oxygen atoms in total. The lowest BCUT2D eigenvalue weighted by molar-refractivity contribution is 0.0689. The Labute approximate surface area is 158 Å². The van der Waals surface area contributed by atoms with E-state index in [1.807, 2.05) is 35.0 Å². The van der Waals surface area contributed by atoms with Crippen LogP contribution in [0, 0.1) is 0 Å². The van der Waals surface area contributed by atoms with Crippen molar-refractivity contribution in [2.75, 3.05) is 13.2 Å². The van der Waals surface area contributed by atoms with E-state index in [0.717, 1.165) is 37.3 Å². The van der Waals surface area contributed by atoms with Gasteiger partial charge in [0.15, 0.2) is 0 Å². The number of nitrogens with zero attached hydrogens (tertiary/aromatic N) is 1. The molecule has 1 aromatic heterocycles. The summed E-state index contributed by atoms with van der Waals surface area (Å²) in [5, 5.41) is 14.1. The van der Waals surface area contributed by atoms with Gasteiger partial charge in [0.25, 0.3) is 0 Å². The van der Waals surface area contributed by atoms with Crippen LogP contribution in [0.25, 0.3) is 0 Å². The summed E-state index contributed by atoms with van der Waals surface area (Å²) in [5.74, 6) is -0.910. The van der Waals surface area contributed by atoms with Gasteiger partial charge < -0.3 is 19.7 Å². The molecule has 2 heterocycles. The van der Waals surface area contributed by atoms with Crippen LogP contribution in [0.3, 0.4) is 0 Å². The molecule has 2 N–H and O–H groups in total. The third-order valence-electron chi connectivity index (χ3n) is 4.84. The highest BCUT2D eigenvalue weighted by Crippen LogP contribution is 2.31. The van der Waals surface area contributed by atoms with Crippen molar-refractivity contribution in [1.82, 2.24) is 9.88 Å². The highest BCUT2D eigenvalue weighted by Gasteiger charge is 2.28. The highest BCUT2D eigenvalue weighted by atomic mass is 35.5. The van der Waals surface area contributed by atoms with Crippen molar-refractivity contribution in [3.63, 3.8) is 0 Å². The van der Waals surface area contributed by atoms with Gasteiger partial charge in [-0.1, -0.05) is 23.7 Å². The molecule has 1 aromatic carbocycles. The summed E-state index contributed by atoms with van der Waals surface area (Å²) in [6.45, 7) is 5.56. The summed E-state index contributed by atoms with van der Waals surface area (Å²) in [5.41, 5.74) is 2.11. The maximum atomic E-state index is 11.9. The first-order chi connectivity index (χ1) is 12.5. The van der Waals surface area contributed by atoms with Crippen molar-refractivity contribution < 1.29 is 14.6 Å². The zero-order valence-electron chi connectivity index (χ0n) is 15.1. The molecule has 1 unspecified atom stereocenters. The molecule has 140 valence electrons. The smallest absolute Gasteiger partial charge is 0.337 e. The Morgan fingerprint density at radius 2 is 1.88 bits per heavy atom. The molecule has 0 amide bonds. The Morgan fingerprint density at radius 3 is 2.46 bits per heavy atom. The zero-order chi connectivity index (χ0) is 18.7. The van der Waals surface area contributed by atoms with E-state index in [1.165, 1.54) is 0 Å². The average Bonchev–Trinajstić information content (AvgIpc) is 3.07. The number of nitrogens with one attached hydrogen (secondary N) is 1. The molecule has 1 aliphatic heterocycles. The van der Waals surface area contributed by atoms with E-state index in [-0.39, 0.29) is 18.1 Å². The van der Waals surface area contributed by atoms with E-state index in [0.29, 0.717) is 10.6 Å². The second-order valence-corrected chi connectivity index (χ2v) is 7.40. The SMILES string of the molecule is CC(C)n1ccc(C(=O)O)c1C(NC1CCOCC1)c1ccc(Cl)cc1. The number of rotatable bonds is 6. The van der Waals surface area contributed by atoms with Gasteiger partial charge in [-0.3, -0.25) is 0 Å². The van der Waals surface area contributed by atoms with Crippen LogP contribution in [-0.2, 0) is 4.74 Å². The third kappa shape index (κ3) is 4.11. The molecule has 0 bridgehead atoms. The standard InChI is InChI=1S/C20H25ClN2O3/c1-13(2)23-10-7-17(20(24)25)19(23)18(14-3-5-15(21)6-4-14)22-16-8-11-26-12-9-16/h3-7,10,13,16,18,22H,8-9,11-12H2,1-2H3,(H,24,25). The average molecular weight is 377 g/mol. The van der Waals surface area contributed by atoms with Gasteiger partial charge in [0.05, 0.1) is 17.3 Å². The predicted molar refractivity (Wildman–Crippen MR) is 102 cm³/mol. The summed E-state index contributed by atoms with van der Waals surface area (Å²) in [6, 6.07) is 9.51. The Kier molecular flexibility index (Phi) is 6.01. The van der Waals surface area contributed by atoms with Crippen LogP contribution < -0.4 is 5.32 Å². The number of hydrogen-bond donors (Lipinski definition) is 2. The van der Waals surface area contributed by atoms with Crippen molar-refractivity contribution in [1.29, 1.82) is 0 Å². The molecule has 6 heteroatoms. The van der Waals surface area contributed by atoms with Gasteiger partial charge in [0.2, 0.25) is 0 Å². The normalized spacial score (nSPS) is 16.8. The number of aromatic carboxylic acids is 1. The quantitative estimate of drug-likeness (QED) is 0.789. The van der Waals surface area contributed by atoms with Gasteiger partial charge in [0.1, 0.15) is 0 Å². The van der Waals surface area contributed by atoms with Crippen molar-refractivity contribution in [3.05, 3.63) is 58.4 Å². The first-order valence-corrected chi connectivity index (χ1v) is 9.38. The fourth-order valence-electron chi connectivity index (χ4n) is 3.48. The molecular formula is C20H25ClN2O3. The molecule has 1 saturated heterocycles. The second kappa shape index (κ2) is 8.25. The fraction of sp³-hybridized carbons (Fsp3) is 0.450. The Bertz CT molecular complexity index is 749. The second-order valence-electron chi connectivity index (χ2n) is 6.96. The van der Waals surface area contributed by atoms with E-state index in [1.54, 1.807) is 6.07 Å². The van der Waals surface area contributed by atoms with Crippen LogP contribution in [0.2, 0.25) is 5.02 Å². The monoisotopic (exact) mass is 376 g/mol. The van der Waals surface area contributed by atoms with Gasteiger partial charge in [-0.25, -0.2) is 4.79 Å². The van der Waals surface area contributed by atoms with Crippen molar-refractivity contribution in [2.45, 2.75) is 44.8 Å². The lowest BCUT2D eigenvalue weighted by atomic mass is 9.97. The van der Waals surface area contributed by atoms with Crippen LogP contribution in [0.4, 0.5) is 0 Å². The molecule has 26 heavy (non-hydrogen) atoms. The molecule has 1 fully saturated rings. The Morgan fingerprint density at radius 1 is 1.23 bits per heavy atom. The lowest BCUT2D eigenvalue weighted by Crippen LogP contribution is -2.39. The van der Waals surface area contributed by atoms with Crippen LogP contribution in [0.15, 0.2) is 36.5 Å². The number of hydrogen-bond acceptors (Lipinski definition) is 3. The first-order valence-electron chi connectivity index (χ1n) is 9.00. The van der Waals surface area contributed by atoms with Gasteiger partial charge in [-0.2, -0.15) is 0 Å². The molecule has 0 saturated carbocycles.